The lowest BCUT2D eigenvalue weighted by Crippen LogP contribution is -2.45. The Morgan fingerprint density at radius 2 is 0.724 bits per heavy atom. The molecule has 0 N–H and O–H groups in total. The average Bonchev–Trinajstić information content (AvgIpc) is 2.70. The number of rotatable bonds is 23. The van der Waals surface area contributed by atoms with E-state index in [9.17, 15) is 0 Å². The number of nitrogens with zero attached hydrogens (tertiary/aromatic N) is 1. The van der Waals surface area contributed by atoms with Crippen molar-refractivity contribution in [1.82, 2.24) is 4.90 Å². The highest BCUT2D eigenvalue weighted by Crippen LogP contribution is 2.24. The van der Waals surface area contributed by atoms with Gasteiger partial charge in [-0.1, -0.05) is 130 Å². The zero-order valence-electron chi connectivity index (χ0n) is 21.5. The second-order valence-electron chi connectivity index (χ2n) is 10.2. The molecule has 0 aliphatic carbocycles. The van der Waals surface area contributed by atoms with Crippen molar-refractivity contribution in [2.45, 2.75) is 169 Å². The monoisotopic (exact) mass is 409 g/mol. The molecule has 0 unspecified atom stereocenters. The third-order valence-corrected chi connectivity index (χ3v) is 6.81. The van der Waals surface area contributed by atoms with Crippen LogP contribution in [0.4, 0.5) is 0 Å². The molecular weight excluding hydrogens is 350 g/mol. The fourth-order valence-electron chi connectivity index (χ4n) is 4.56. The summed E-state index contributed by atoms with van der Waals surface area (Å²) in [6.45, 7) is 14.6. The van der Waals surface area contributed by atoms with Crippen LogP contribution in [0.3, 0.4) is 0 Å². The maximum Gasteiger partial charge on any atom is 0.0153 e. The fraction of sp³-hybridized carbons (Fsp3) is 1.00. The van der Waals surface area contributed by atoms with Crippen molar-refractivity contribution < 1.29 is 0 Å². The summed E-state index contributed by atoms with van der Waals surface area (Å²) in [6.07, 6.45) is 28.4. The summed E-state index contributed by atoms with van der Waals surface area (Å²) in [5.41, 5.74) is 0.385. The van der Waals surface area contributed by atoms with Gasteiger partial charge in [0.2, 0.25) is 0 Å². The summed E-state index contributed by atoms with van der Waals surface area (Å²) in [4.78, 5) is 2.86. The highest BCUT2D eigenvalue weighted by atomic mass is 15.2. The second kappa shape index (κ2) is 21.2. The predicted molar refractivity (Wildman–Crippen MR) is 135 cm³/mol. The Morgan fingerprint density at radius 1 is 0.414 bits per heavy atom. The van der Waals surface area contributed by atoms with Crippen LogP contribution < -0.4 is 0 Å². The minimum atomic E-state index is 0.385. The molecule has 176 valence electrons. The summed E-state index contributed by atoms with van der Waals surface area (Å²) in [6, 6.07) is 0. The van der Waals surface area contributed by atoms with E-state index in [1.807, 2.05) is 0 Å². The van der Waals surface area contributed by atoms with Crippen molar-refractivity contribution in [1.29, 1.82) is 0 Å². The van der Waals surface area contributed by atoms with E-state index in [1.165, 1.54) is 142 Å². The third kappa shape index (κ3) is 18.4. The lowest BCUT2D eigenvalue weighted by atomic mass is 9.93. The van der Waals surface area contributed by atoms with Gasteiger partial charge in [-0.3, -0.25) is 4.90 Å². The molecule has 29 heavy (non-hydrogen) atoms. The molecule has 0 aromatic rings. The first-order valence-corrected chi connectivity index (χ1v) is 13.8. The van der Waals surface area contributed by atoms with E-state index in [4.69, 9.17) is 0 Å². The molecule has 0 heterocycles. The van der Waals surface area contributed by atoms with Crippen LogP contribution in [0, 0.1) is 0 Å². The van der Waals surface area contributed by atoms with Crippen LogP contribution in [0.1, 0.15) is 163 Å². The molecule has 0 rings (SSSR count). The topological polar surface area (TPSA) is 3.24 Å². The summed E-state index contributed by atoms with van der Waals surface area (Å²) >= 11 is 0. The van der Waals surface area contributed by atoms with E-state index in [-0.39, 0.29) is 0 Å². The van der Waals surface area contributed by atoms with Gasteiger partial charge in [0.15, 0.2) is 0 Å². The third-order valence-electron chi connectivity index (χ3n) is 6.81. The molecule has 0 aliphatic heterocycles. The molecular formula is C28H59N. The molecule has 0 aliphatic rings. The number of hydrogen-bond donors (Lipinski definition) is 0. The number of unbranched alkanes of at least 4 members (excludes halogenated alkanes) is 16. The molecule has 0 aromatic carbocycles. The molecule has 0 saturated carbocycles. The van der Waals surface area contributed by atoms with Gasteiger partial charge in [0, 0.05) is 5.54 Å². The molecule has 0 radical (unpaired) electrons. The van der Waals surface area contributed by atoms with E-state index in [0.717, 1.165) is 0 Å². The van der Waals surface area contributed by atoms with Crippen molar-refractivity contribution in [3.63, 3.8) is 0 Å². The maximum atomic E-state index is 2.86. The second-order valence-corrected chi connectivity index (χ2v) is 10.2. The van der Waals surface area contributed by atoms with E-state index in [2.05, 4.69) is 39.5 Å². The highest BCUT2D eigenvalue weighted by molar-refractivity contribution is 4.81. The van der Waals surface area contributed by atoms with Crippen LogP contribution in [0.15, 0.2) is 0 Å². The van der Waals surface area contributed by atoms with Gasteiger partial charge >= 0.3 is 0 Å². The Hall–Kier alpha value is -0.0400. The lowest BCUT2D eigenvalue weighted by Gasteiger charge is -2.39. The number of hydrogen-bond acceptors (Lipinski definition) is 1. The molecule has 0 fully saturated rings. The Kier molecular flexibility index (Phi) is 21.2. The van der Waals surface area contributed by atoms with Crippen LogP contribution in [0.2, 0.25) is 0 Å². The van der Waals surface area contributed by atoms with E-state index in [1.54, 1.807) is 0 Å². The Labute approximate surface area is 186 Å². The van der Waals surface area contributed by atoms with Crippen LogP contribution in [-0.2, 0) is 0 Å². The van der Waals surface area contributed by atoms with Gasteiger partial charge in [-0.25, -0.2) is 0 Å². The van der Waals surface area contributed by atoms with E-state index >= 15 is 0 Å². The van der Waals surface area contributed by atoms with Gasteiger partial charge in [-0.2, -0.15) is 0 Å². The largest absolute Gasteiger partial charge is 0.298 e. The molecule has 0 aromatic heterocycles. The zero-order valence-corrected chi connectivity index (χ0v) is 21.5. The lowest BCUT2D eigenvalue weighted by molar-refractivity contribution is 0.102. The van der Waals surface area contributed by atoms with Crippen molar-refractivity contribution in [3.8, 4) is 0 Å². The quantitative estimate of drug-likeness (QED) is 0.152. The normalized spacial score (nSPS) is 12.2. The van der Waals surface area contributed by atoms with Gasteiger partial charge in [-0.05, 0) is 46.2 Å². The molecule has 1 heteroatoms. The van der Waals surface area contributed by atoms with Crippen molar-refractivity contribution >= 4 is 0 Å². The SMILES string of the molecule is CCCCCCCCCC(C)(C)N(CCCCCCCC)CCCCCCCC. The van der Waals surface area contributed by atoms with Crippen LogP contribution in [0.5, 0.6) is 0 Å². The van der Waals surface area contributed by atoms with Crippen LogP contribution in [0.25, 0.3) is 0 Å². The molecule has 0 atom stereocenters. The molecule has 0 saturated heterocycles. The van der Waals surface area contributed by atoms with Crippen molar-refractivity contribution in [2.24, 2.45) is 0 Å². The minimum absolute atomic E-state index is 0.385. The minimum Gasteiger partial charge on any atom is -0.298 e. The van der Waals surface area contributed by atoms with Crippen LogP contribution in [-0.4, -0.2) is 23.5 Å². The first kappa shape index (κ1) is 29.0. The van der Waals surface area contributed by atoms with Gasteiger partial charge in [0.25, 0.3) is 0 Å². The van der Waals surface area contributed by atoms with Crippen molar-refractivity contribution in [3.05, 3.63) is 0 Å². The average molecular weight is 410 g/mol. The predicted octanol–water partition coefficient (Wildman–Crippen LogP) is 9.93. The highest BCUT2D eigenvalue weighted by Gasteiger charge is 2.25. The zero-order chi connectivity index (χ0) is 21.6. The summed E-state index contributed by atoms with van der Waals surface area (Å²) in [5, 5.41) is 0. The van der Waals surface area contributed by atoms with E-state index in [0.29, 0.717) is 5.54 Å². The Bertz CT molecular complexity index is 293. The van der Waals surface area contributed by atoms with Gasteiger partial charge in [-0.15, -0.1) is 0 Å². The van der Waals surface area contributed by atoms with Crippen molar-refractivity contribution in [2.75, 3.05) is 13.1 Å². The summed E-state index contributed by atoms with van der Waals surface area (Å²) in [7, 11) is 0. The summed E-state index contributed by atoms with van der Waals surface area (Å²) < 4.78 is 0. The Morgan fingerprint density at radius 3 is 1.10 bits per heavy atom. The maximum absolute atomic E-state index is 2.86. The first-order valence-electron chi connectivity index (χ1n) is 13.8. The van der Waals surface area contributed by atoms with Gasteiger partial charge < -0.3 is 0 Å². The summed E-state index contributed by atoms with van der Waals surface area (Å²) in [5.74, 6) is 0. The molecule has 1 nitrogen and oxygen atoms in total. The molecule has 0 bridgehead atoms. The van der Waals surface area contributed by atoms with Gasteiger partial charge in [0.1, 0.15) is 0 Å². The Balaban J connectivity index is 4.23. The van der Waals surface area contributed by atoms with E-state index < -0.39 is 0 Å². The molecule has 0 amide bonds. The van der Waals surface area contributed by atoms with Gasteiger partial charge in [0.05, 0.1) is 0 Å². The molecule has 0 spiro atoms. The fourth-order valence-corrected chi connectivity index (χ4v) is 4.56. The standard InChI is InChI=1S/C28H59N/c1-6-9-12-15-18-19-22-25-28(4,5)29(26-23-20-16-13-10-7-2)27-24-21-17-14-11-8-3/h6-27H2,1-5H3. The van der Waals surface area contributed by atoms with Crippen LogP contribution >= 0.6 is 0 Å². The first-order chi connectivity index (χ1) is 14.1. The smallest absolute Gasteiger partial charge is 0.0153 e.